The summed E-state index contributed by atoms with van der Waals surface area (Å²) in [7, 11) is 0. The first-order valence-electron chi connectivity index (χ1n) is 8.24. The highest BCUT2D eigenvalue weighted by molar-refractivity contribution is 6.30. The number of carbonyl (C=O) groups is 1. The van der Waals surface area contributed by atoms with Crippen LogP contribution in [0.25, 0.3) is 0 Å². The summed E-state index contributed by atoms with van der Waals surface area (Å²) in [5, 5.41) is 21.2. The maximum absolute atomic E-state index is 12.2. The molecule has 0 bridgehead atoms. The van der Waals surface area contributed by atoms with Crippen LogP contribution in [0.15, 0.2) is 28.7 Å². The van der Waals surface area contributed by atoms with E-state index < -0.39 is 23.3 Å². The Morgan fingerprint density at radius 3 is 2.35 bits per heavy atom. The molecule has 0 fully saturated rings. The van der Waals surface area contributed by atoms with Crippen molar-refractivity contribution in [3.63, 3.8) is 0 Å². The number of aliphatic hydroxyl groups is 1. The van der Waals surface area contributed by atoms with E-state index in [0.717, 1.165) is 5.56 Å². The molecule has 1 heterocycles. The minimum absolute atomic E-state index is 0.0691. The van der Waals surface area contributed by atoms with Gasteiger partial charge in [0.2, 0.25) is 11.8 Å². The van der Waals surface area contributed by atoms with E-state index in [1.807, 2.05) is 12.1 Å². The van der Waals surface area contributed by atoms with Gasteiger partial charge in [-0.15, -0.1) is 10.2 Å². The molecule has 26 heavy (non-hydrogen) atoms. The van der Waals surface area contributed by atoms with Crippen molar-refractivity contribution in [3.05, 3.63) is 46.6 Å². The molecule has 2 rings (SSSR count). The number of hydrogen-bond donors (Lipinski definition) is 2. The number of nitrogens with one attached hydrogen (secondary N) is 1. The van der Waals surface area contributed by atoms with Gasteiger partial charge in [-0.2, -0.15) is 0 Å². The van der Waals surface area contributed by atoms with Gasteiger partial charge in [0, 0.05) is 11.4 Å². The van der Waals surface area contributed by atoms with Crippen molar-refractivity contribution < 1.29 is 19.1 Å². The van der Waals surface area contributed by atoms with Gasteiger partial charge in [-0.1, -0.05) is 23.7 Å². The summed E-state index contributed by atoms with van der Waals surface area (Å²) in [4.78, 5) is 12.2. The molecule has 0 aliphatic heterocycles. The number of amides is 1. The predicted molar refractivity (Wildman–Crippen MR) is 96.8 cm³/mol. The minimum Gasteiger partial charge on any atom is -0.444 e. The van der Waals surface area contributed by atoms with Crippen molar-refractivity contribution in [1.29, 1.82) is 0 Å². The van der Waals surface area contributed by atoms with E-state index in [0.29, 0.717) is 11.4 Å². The SMILES string of the molecule is CC(C)(C)OC(=O)NC(Cc1ccc(Cl)cc1)c1nnc(C(C)(C)O)o1. The third-order valence-electron chi connectivity index (χ3n) is 3.31. The zero-order valence-corrected chi connectivity index (χ0v) is 16.3. The van der Waals surface area contributed by atoms with Crippen LogP contribution in [0.3, 0.4) is 0 Å². The Hall–Kier alpha value is -2.12. The normalized spacial score (nSPS) is 13.3. The van der Waals surface area contributed by atoms with Crippen LogP contribution in [0.1, 0.15) is 58.0 Å². The minimum atomic E-state index is -1.28. The molecule has 1 atom stereocenters. The first-order chi connectivity index (χ1) is 11.9. The number of alkyl carbamates (subject to hydrolysis) is 1. The van der Waals surface area contributed by atoms with Gasteiger partial charge in [0.15, 0.2) is 0 Å². The quantitative estimate of drug-likeness (QED) is 0.818. The molecule has 0 spiro atoms. The van der Waals surface area contributed by atoms with Gasteiger partial charge in [-0.25, -0.2) is 4.79 Å². The summed E-state index contributed by atoms with van der Waals surface area (Å²) in [6, 6.07) is 6.60. The van der Waals surface area contributed by atoms with Crippen LogP contribution >= 0.6 is 11.6 Å². The van der Waals surface area contributed by atoms with Crippen molar-refractivity contribution in [2.45, 2.75) is 58.3 Å². The molecule has 7 nitrogen and oxygen atoms in total. The molecule has 8 heteroatoms. The number of rotatable bonds is 5. The number of hydrogen-bond acceptors (Lipinski definition) is 6. The van der Waals surface area contributed by atoms with Gasteiger partial charge in [0.25, 0.3) is 0 Å². The summed E-state index contributed by atoms with van der Waals surface area (Å²) in [5.41, 5.74) is -0.997. The first kappa shape index (κ1) is 20.2. The second-order valence-electron chi connectivity index (χ2n) is 7.53. The monoisotopic (exact) mass is 381 g/mol. The third kappa shape index (κ3) is 6.00. The number of benzene rings is 1. The summed E-state index contributed by atoms with van der Waals surface area (Å²) in [6.07, 6.45) is -0.205. The van der Waals surface area contributed by atoms with Gasteiger partial charge in [-0.3, -0.25) is 0 Å². The van der Waals surface area contributed by atoms with Gasteiger partial charge in [0.1, 0.15) is 17.2 Å². The van der Waals surface area contributed by atoms with E-state index in [-0.39, 0.29) is 11.8 Å². The van der Waals surface area contributed by atoms with Crippen molar-refractivity contribution in [3.8, 4) is 0 Å². The molecule has 0 saturated carbocycles. The van der Waals surface area contributed by atoms with Crippen LogP contribution in [-0.2, 0) is 16.8 Å². The molecular formula is C18H24ClN3O4. The maximum atomic E-state index is 12.2. The molecule has 142 valence electrons. The zero-order valence-electron chi connectivity index (χ0n) is 15.5. The second-order valence-corrected chi connectivity index (χ2v) is 7.97. The molecule has 0 aliphatic carbocycles. The van der Waals surface area contributed by atoms with E-state index in [1.54, 1.807) is 46.8 Å². The van der Waals surface area contributed by atoms with E-state index in [4.69, 9.17) is 20.8 Å². The molecule has 1 aromatic carbocycles. The van der Waals surface area contributed by atoms with E-state index in [1.165, 1.54) is 0 Å². The van der Waals surface area contributed by atoms with Gasteiger partial charge in [0.05, 0.1) is 0 Å². The Balaban J connectivity index is 2.24. The highest BCUT2D eigenvalue weighted by Gasteiger charge is 2.29. The average molecular weight is 382 g/mol. The number of nitrogens with zero attached hydrogens (tertiary/aromatic N) is 2. The second kappa shape index (κ2) is 7.63. The standard InChI is InChI=1S/C18H24ClN3O4/c1-17(2,3)26-16(23)20-13(10-11-6-8-12(19)9-7-11)14-21-22-15(25-14)18(4,5)24/h6-9,13,24H,10H2,1-5H3,(H,20,23). The fraction of sp³-hybridized carbons (Fsp3) is 0.500. The van der Waals surface area contributed by atoms with E-state index in [2.05, 4.69) is 15.5 Å². The molecule has 1 unspecified atom stereocenters. The number of aromatic nitrogens is 2. The lowest BCUT2D eigenvalue weighted by Crippen LogP contribution is -2.36. The first-order valence-corrected chi connectivity index (χ1v) is 8.62. The third-order valence-corrected chi connectivity index (χ3v) is 3.56. The zero-order chi connectivity index (χ0) is 19.5. The van der Waals surface area contributed by atoms with Crippen LogP contribution in [0.4, 0.5) is 4.79 Å². The lowest BCUT2D eigenvalue weighted by atomic mass is 10.1. The molecule has 1 aromatic heterocycles. The maximum Gasteiger partial charge on any atom is 0.408 e. The highest BCUT2D eigenvalue weighted by atomic mass is 35.5. The summed E-state index contributed by atoms with van der Waals surface area (Å²) < 4.78 is 10.9. The molecule has 2 N–H and O–H groups in total. The Bertz CT molecular complexity index is 745. The van der Waals surface area contributed by atoms with Gasteiger partial charge >= 0.3 is 6.09 Å². The van der Waals surface area contributed by atoms with E-state index in [9.17, 15) is 9.90 Å². The summed E-state index contributed by atoms with van der Waals surface area (Å²) >= 11 is 5.92. The van der Waals surface area contributed by atoms with Crippen LogP contribution in [-0.4, -0.2) is 27.0 Å². The molecule has 0 saturated heterocycles. The van der Waals surface area contributed by atoms with Crippen molar-refractivity contribution >= 4 is 17.7 Å². The number of halogens is 1. The smallest absolute Gasteiger partial charge is 0.408 e. The van der Waals surface area contributed by atoms with Crippen LogP contribution in [0.2, 0.25) is 5.02 Å². The van der Waals surface area contributed by atoms with Gasteiger partial charge < -0.3 is 19.6 Å². The molecule has 1 amide bonds. The predicted octanol–water partition coefficient (Wildman–Crippen LogP) is 3.76. The van der Waals surface area contributed by atoms with Crippen LogP contribution in [0.5, 0.6) is 0 Å². The largest absolute Gasteiger partial charge is 0.444 e. The lowest BCUT2D eigenvalue weighted by molar-refractivity contribution is 0.0441. The topological polar surface area (TPSA) is 97.5 Å². The fourth-order valence-electron chi connectivity index (χ4n) is 2.13. The van der Waals surface area contributed by atoms with Crippen molar-refractivity contribution in [1.82, 2.24) is 15.5 Å². The summed E-state index contributed by atoms with van der Waals surface area (Å²) in [6.45, 7) is 8.42. The fourth-order valence-corrected chi connectivity index (χ4v) is 2.25. The van der Waals surface area contributed by atoms with E-state index >= 15 is 0 Å². The lowest BCUT2D eigenvalue weighted by Gasteiger charge is -2.22. The molecular weight excluding hydrogens is 358 g/mol. The number of carbonyl (C=O) groups excluding carboxylic acids is 1. The Morgan fingerprint density at radius 1 is 1.23 bits per heavy atom. The molecule has 0 aliphatic rings. The van der Waals surface area contributed by atoms with Crippen LogP contribution < -0.4 is 5.32 Å². The Labute approximate surface area is 157 Å². The van der Waals surface area contributed by atoms with Crippen molar-refractivity contribution in [2.75, 3.05) is 0 Å². The van der Waals surface area contributed by atoms with Crippen LogP contribution in [0, 0.1) is 0 Å². The summed E-state index contributed by atoms with van der Waals surface area (Å²) in [5.74, 6) is 0.252. The molecule has 2 aromatic rings. The Morgan fingerprint density at radius 2 is 1.85 bits per heavy atom. The Kier molecular flexibility index (Phi) is 5.93. The van der Waals surface area contributed by atoms with Crippen molar-refractivity contribution in [2.24, 2.45) is 0 Å². The number of ether oxygens (including phenoxy) is 1. The average Bonchev–Trinajstić information content (AvgIpc) is 2.97. The van der Waals surface area contributed by atoms with Gasteiger partial charge in [-0.05, 0) is 52.3 Å². The highest BCUT2D eigenvalue weighted by Crippen LogP contribution is 2.24. The molecule has 0 radical (unpaired) electrons.